The molecule has 1 aliphatic rings. The zero-order valence-electron chi connectivity index (χ0n) is 18.5. The molecule has 1 aromatic rings. The smallest absolute Gasteiger partial charge is 0.161 e. The lowest BCUT2D eigenvalue weighted by atomic mass is 9.89. The van der Waals surface area contributed by atoms with Crippen molar-refractivity contribution in [1.29, 1.82) is 0 Å². The summed E-state index contributed by atoms with van der Waals surface area (Å²) in [5, 5.41) is 19.7. The van der Waals surface area contributed by atoms with Gasteiger partial charge in [-0.15, -0.1) is 0 Å². The molecule has 0 aromatic heterocycles. The number of rotatable bonds is 11. The maximum Gasteiger partial charge on any atom is 0.161 e. The molecule has 2 N–H and O–H groups in total. The second kappa shape index (κ2) is 12.0. The molecule has 0 saturated heterocycles. The number of hydrogen-bond donors (Lipinski definition) is 2. The van der Waals surface area contributed by atoms with Crippen LogP contribution in [0.15, 0.2) is 35.4 Å². The van der Waals surface area contributed by atoms with Crippen LogP contribution in [0.1, 0.15) is 76.3 Å². The summed E-state index contributed by atoms with van der Waals surface area (Å²) in [7, 11) is 1.66. The van der Waals surface area contributed by atoms with Crippen molar-refractivity contribution in [2.75, 3.05) is 20.3 Å². The number of aliphatic hydroxyl groups is 2. The van der Waals surface area contributed by atoms with E-state index in [0.717, 1.165) is 55.4 Å². The van der Waals surface area contributed by atoms with Gasteiger partial charge in [0.05, 0.1) is 13.2 Å². The summed E-state index contributed by atoms with van der Waals surface area (Å²) in [6.45, 7) is 7.04. The lowest BCUT2D eigenvalue weighted by Gasteiger charge is -2.22. The molecule has 2 atom stereocenters. The lowest BCUT2D eigenvalue weighted by molar-refractivity contribution is 0.163. The molecule has 0 spiro atoms. The average molecular weight is 403 g/mol. The van der Waals surface area contributed by atoms with Gasteiger partial charge in [0, 0.05) is 12.5 Å². The quantitative estimate of drug-likeness (QED) is 0.492. The Kier molecular flexibility index (Phi) is 9.75. The Labute approximate surface area is 176 Å². The Morgan fingerprint density at radius 1 is 1.14 bits per heavy atom. The second-order valence-electron chi connectivity index (χ2n) is 8.32. The number of methoxy groups -OCH3 is 1. The molecule has 0 amide bonds. The summed E-state index contributed by atoms with van der Waals surface area (Å²) in [5.74, 6) is 1.57. The minimum absolute atomic E-state index is 0.137. The molecule has 162 valence electrons. The Morgan fingerprint density at radius 3 is 2.55 bits per heavy atom. The summed E-state index contributed by atoms with van der Waals surface area (Å²) < 4.78 is 11.7. The van der Waals surface area contributed by atoms with E-state index in [9.17, 15) is 10.2 Å². The largest absolute Gasteiger partial charge is 0.493 e. The van der Waals surface area contributed by atoms with E-state index in [4.69, 9.17) is 9.47 Å². The fraction of sp³-hybridized carbons (Fsp3) is 0.600. The molecule has 29 heavy (non-hydrogen) atoms. The Bertz CT molecular complexity index is 701. The first-order valence-corrected chi connectivity index (χ1v) is 10.9. The van der Waals surface area contributed by atoms with Crippen LogP contribution in [0.5, 0.6) is 11.5 Å². The number of ether oxygens (including phenoxy) is 2. The minimum atomic E-state index is -0.304. The molecule has 0 heterocycles. The van der Waals surface area contributed by atoms with Crippen molar-refractivity contribution in [3.8, 4) is 11.5 Å². The van der Waals surface area contributed by atoms with Crippen LogP contribution in [-0.4, -0.2) is 36.6 Å². The molecule has 1 aliphatic carbocycles. The fourth-order valence-corrected chi connectivity index (χ4v) is 3.99. The van der Waals surface area contributed by atoms with E-state index in [0.29, 0.717) is 18.8 Å². The standard InChI is InChI=1S/C25H38O4/c1-18(2)8-5-9-19(3)13-15-29-25-17-22(21-11-6-12-23(21)27)20(10-7-14-26)16-24(25)28-4/h8,13,16-17,21,23,26-27H,5-7,9-12,14-15H2,1-4H3/b19-13+/t21-,23-/m1/s1. The third-order valence-electron chi connectivity index (χ3n) is 5.67. The van der Waals surface area contributed by atoms with Crippen molar-refractivity contribution >= 4 is 0 Å². The average Bonchev–Trinajstić information content (AvgIpc) is 3.11. The monoisotopic (exact) mass is 402 g/mol. The normalized spacial score (nSPS) is 19.3. The molecule has 0 aliphatic heterocycles. The molecule has 0 radical (unpaired) electrons. The summed E-state index contributed by atoms with van der Waals surface area (Å²) in [6.07, 6.45) is 10.5. The predicted octanol–water partition coefficient (Wildman–Crippen LogP) is 5.32. The van der Waals surface area contributed by atoms with E-state index < -0.39 is 0 Å². The molecule has 0 bridgehead atoms. The highest BCUT2D eigenvalue weighted by molar-refractivity contribution is 5.49. The molecule has 1 saturated carbocycles. The van der Waals surface area contributed by atoms with E-state index in [1.54, 1.807) is 7.11 Å². The Balaban J connectivity index is 2.16. The van der Waals surface area contributed by atoms with Gasteiger partial charge in [-0.3, -0.25) is 0 Å². The van der Waals surface area contributed by atoms with Gasteiger partial charge < -0.3 is 19.7 Å². The van der Waals surface area contributed by atoms with Gasteiger partial charge in [0.2, 0.25) is 0 Å². The highest BCUT2D eigenvalue weighted by Gasteiger charge is 2.29. The predicted molar refractivity (Wildman–Crippen MR) is 119 cm³/mol. The van der Waals surface area contributed by atoms with E-state index in [-0.39, 0.29) is 18.6 Å². The van der Waals surface area contributed by atoms with Crippen LogP contribution in [0.3, 0.4) is 0 Å². The molecule has 1 aromatic carbocycles. The molecule has 4 nitrogen and oxygen atoms in total. The topological polar surface area (TPSA) is 58.9 Å². The zero-order valence-corrected chi connectivity index (χ0v) is 18.5. The maximum atomic E-state index is 10.4. The summed E-state index contributed by atoms with van der Waals surface area (Å²) in [4.78, 5) is 0. The van der Waals surface area contributed by atoms with Gasteiger partial charge in [0.1, 0.15) is 6.61 Å². The Morgan fingerprint density at radius 2 is 1.93 bits per heavy atom. The van der Waals surface area contributed by atoms with Gasteiger partial charge in [0.15, 0.2) is 11.5 Å². The molecule has 2 rings (SSSR count). The van der Waals surface area contributed by atoms with Gasteiger partial charge in [-0.2, -0.15) is 0 Å². The second-order valence-corrected chi connectivity index (χ2v) is 8.32. The number of benzene rings is 1. The first-order chi connectivity index (χ1) is 14.0. The summed E-state index contributed by atoms with van der Waals surface area (Å²) >= 11 is 0. The van der Waals surface area contributed by atoms with Crippen molar-refractivity contribution in [3.05, 3.63) is 46.6 Å². The van der Waals surface area contributed by atoms with Gasteiger partial charge >= 0.3 is 0 Å². The number of aliphatic hydroxyl groups excluding tert-OH is 2. The van der Waals surface area contributed by atoms with Crippen LogP contribution in [0.4, 0.5) is 0 Å². The van der Waals surface area contributed by atoms with E-state index in [2.05, 4.69) is 39.0 Å². The highest BCUT2D eigenvalue weighted by atomic mass is 16.5. The summed E-state index contributed by atoms with van der Waals surface area (Å²) in [6, 6.07) is 4.08. The van der Waals surface area contributed by atoms with Gasteiger partial charge in [-0.25, -0.2) is 0 Å². The maximum absolute atomic E-state index is 10.4. The molecular formula is C25H38O4. The number of allylic oxidation sites excluding steroid dienone is 3. The van der Waals surface area contributed by atoms with Gasteiger partial charge in [-0.05, 0) is 88.6 Å². The zero-order chi connectivity index (χ0) is 21.2. The van der Waals surface area contributed by atoms with Crippen LogP contribution < -0.4 is 9.47 Å². The summed E-state index contributed by atoms with van der Waals surface area (Å²) in [5.41, 5.74) is 4.94. The third kappa shape index (κ3) is 7.20. The lowest BCUT2D eigenvalue weighted by Crippen LogP contribution is -2.14. The van der Waals surface area contributed by atoms with Crippen molar-refractivity contribution in [3.63, 3.8) is 0 Å². The van der Waals surface area contributed by atoms with Crippen LogP contribution in [0.2, 0.25) is 0 Å². The molecule has 4 heteroatoms. The van der Waals surface area contributed by atoms with Crippen LogP contribution in [0.25, 0.3) is 0 Å². The van der Waals surface area contributed by atoms with E-state index >= 15 is 0 Å². The third-order valence-corrected chi connectivity index (χ3v) is 5.67. The highest BCUT2D eigenvalue weighted by Crippen LogP contribution is 2.41. The first-order valence-electron chi connectivity index (χ1n) is 10.9. The number of hydrogen-bond acceptors (Lipinski definition) is 4. The molecule has 1 fully saturated rings. The fourth-order valence-electron chi connectivity index (χ4n) is 3.99. The van der Waals surface area contributed by atoms with Gasteiger partial charge in [-0.1, -0.05) is 23.6 Å². The van der Waals surface area contributed by atoms with Crippen molar-refractivity contribution in [1.82, 2.24) is 0 Å². The minimum Gasteiger partial charge on any atom is -0.493 e. The SMILES string of the molecule is COc1cc(CCCO)c([C@H]2CCC[C@H]2O)cc1OC/C=C(\C)CCC=C(C)C. The number of aryl methyl sites for hydroxylation is 1. The Hall–Kier alpha value is -1.78. The van der Waals surface area contributed by atoms with Crippen molar-refractivity contribution < 1.29 is 19.7 Å². The van der Waals surface area contributed by atoms with Crippen LogP contribution in [0, 0.1) is 0 Å². The van der Waals surface area contributed by atoms with E-state index in [1.807, 2.05) is 6.07 Å². The molecular weight excluding hydrogens is 364 g/mol. The van der Waals surface area contributed by atoms with Gasteiger partial charge in [0.25, 0.3) is 0 Å². The molecule has 0 unspecified atom stereocenters. The van der Waals surface area contributed by atoms with Crippen molar-refractivity contribution in [2.24, 2.45) is 0 Å². The van der Waals surface area contributed by atoms with Crippen molar-refractivity contribution in [2.45, 2.75) is 77.7 Å². The first kappa shape index (κ1) is 23.5. The van der Waals surface area contributed by atoms with Crippen LogP contribution >= 0.6 is 0 Å². The van der Waals surface area contributed by atoms with Crippen LogP contribution in [-0.2, 0) is 6.42 Å². The van der Waals surface area contributed by atoms with E-state index in [1.165, 1.54) is 11.1 Å².